The maximum Gasteiger partial charge on any atom is 0.157 e. The third-order valence-corrected chi connectivity index (χ3v) is 3.18. The number of fused-ring (bicyclic) bond motifs is 1. The Hall–Kier alpha value is -2.41. The van der Waals surface area contributed by atoms with Crippen molar-refractivity contribution in [2.75, 3.05) is 11.9 Å². The van der Waals surface area contributed by atoms with E-state index >= 15 is 0 Å². The Kier molecular flexibility index (Phi) is 19.4. The van der Waals surface area contributed by atoms with Gasteiger partial charge in [0.1, 0.15) is 23.0 Å². The number of nitrogens with one attached hydrogen (secondary N) is 2. The van der Waals surface area contributed by atoms with Crippen LogP contribution in [0.15, 0.2) is 22.8 Å². The van der Waals surface area contributed by atoms with Crippen LogP contribution in [0.25, 0.3) is 11.0 Å². The van der Waals surface area contributed by atoms with Gasteiger partial charge in [-0.3, -0.25) is 0 Å². The Morgan fingerprint density at radius 1 is 1.06 bits per heavy atom. The van der Waals surface area contributed by atoms with E-state index in [0.717, 1.165) is 5.76 Å². The molecule has 3 heterocycles. The number of rotatable bonds is 5. The van der Waals surface area contributed by atoms with E-state index in [1.807, 2.05) is 33.8 Å². The second kappa shape index (κ2) is 19.5. The molecule has 0 fully saturated rings. The van der Waals surface area contributed by atoms with Crippen LogP contribution >= 0.6 is 0 Å². The second-order valence-corrected chi connectivity index (χ2v) is 6.15. The Morgan fingerprint density at radius 2 is 1.65 bits per heavy atom. The molecule has 0 aliphatic heterocycles. The quantitative estimate of drug-likeness (QED) is 0.400. The zero-order valence-electron chi connectivity index (χ0n) is 21.0. The van der Waals surface area contributed by atoms with Crippen molar-refractivity contribution in [3.63, 3.8) is 0 Å². The minimum atomic E-state index is -0.350. The van der Waals surface area contributed by atoms with Gasteiger partial charge >= 0.3 is 0 Å². The second-order valence-electron chi connectivity index (χ2n) is 6.15. The lowest BCUT2D eigenvalue weighted by Gasteiger charge is -2.06. The van der Waals surface area contributed by atoms with Crippen molar-refractivity contribution < 1.29 is 8.81 Å². The molecule has 3 rings (SSSR count). The molecule has 0 aliphatic carbocycles. The zero-order valence-corrected chi connectivity index (χ0v) is 21.0. The molecule has 7 heteroatoms. The van der Waals surface area contributed by atoms with Crippen molar-refractivity contribution in [2.45, 2.75) is 88.1 Å². The fourth-order valence-electron chi connectivity index (χ4n) is 2.25. The number of hydrogen-bond donors (Lipinski definition) is 3. The topological polar surface area (TPSA) is 92.8 Å². The lowest BCUT2D eigenvalue weighted by Crippen LogP contribution is -2.04. The van der Waals surface area contributed by atoms with Crippen LogP contribution in [0.3, 0.4) is 0 Å². The average Bonchev–Trinajstić information content (AvgIpc) is 3.39. The third-order valence-electron chi connectivity index (χ3n) is 3.18. The molecule has 0 amide bonds. The number of hydrogen-bond acceptors (Lipinski definition) is 5. The monoisotopic (exact) mass is 437 g/mol. The van der Waals surface area contributed by atoms with Gasteiger partial charge in [0.05, 0.1) is 23.9 Å². The summed E-state index contributed by atoms with van der Waals surface area (Å²) >= 11 is 0. The number of aryl methyl sites for hydroxylation is 1. The molecule has 3 aromatic heterocycles. The predicted octanol–water partition coefficient (Wildman–Crippen LogP) is 7.00. The van der Waals surface area contributed by atoms with E-state index in [-0.39, 0.29) is 5.82 Å². The summed E-state index contributed by atoms with van der Waals surface area (Å²) in [6, 6.07) is 3.64. The minimum absolute atomic E-state index is 0.350. The molecule has 0 aliphatic rings. The van der Waals surface area contributed by atoms with Gasteiger partial charge in [-0.25, -0.2) is 14.4 Å². The van der Waals surface area contributed by atoms with Crippen LogP contribution < -0.4 is 11.1 Å². The van der Waals surface area contributed by atoms with E-state index in [0.29, 0.717) is 47.9 Å². The molecule has 3 aromatic rings. The number of H-pyrrole nitrogens is 1. The maximum atomic E-state index is 14.4. The van der Waals surface area contributed by atoms with Crippen LogP contribution in [0.2, 0.25) is 0 Å². The Balaban J connectivity index is 0. The fourth-order valence-corrected chi connectivity index (χ4v) is 2.25. The summed E-state index contributed by atoms with van der Waals surface area (Å²) in [6.45, 7) is 19.1. The van der Waals surface area contributed by atoms with Crippen LogP contribution in [-0.2, 0) is 13.0 Å². The van der Waals surface area contributed by atoms with Crippen LogP contribution in [0.1, 0.15) is 85.5 Å². The highest BCUT2D eigenvalue weighted by Crippen LogP contribution is 2.26. The van der Waals surface area contributed by atoms with Crippen molar-refractivity contribution in [1.29, 1.82) is 0 Å². The van der Waals surface area contributed by atoms with E-state index in [1.54, 1.807) is 19.3 Å². The van der Waals surface area contributed by atoms with Gasteiger partial charge in [-0.15, -0.1) is 0 Å². The highest BCUT2D eigenvalue weighted by molar-refractivity contribution is 5.88. The molecule has 0 atom stereocenters. The minimum Gasteiger partial charge on any atom is -0.467 e. The highest BCUT2D eigenvalue weighted by atomic mass is 19.1. The number of aromatic nitrogens is 3. The lowest BCUT2D eigenvalue weighted by molar-refractivity contribution is 0.518. The summed E-state index contributed by atoms with van der Waals surface area (Å²) in [4.78, 5) is 11.5. The van der Waals surface area contributed by atoms with Crippen molar-refractivity contribution in [3.8, 4) is 0 Å². The summed E-state index contributed by atoms with van der Waals surface area (Å²) in [5.41, 5.74) is 6.42. The van der Waals surface area contributed by atoms with E-state index in [9.17, 15) is 4.39 Å². The number of nitrogens with zero attached hydrogens (tertiary/aromatic N) is 2. The smallest absolute Gasteiger partial charge is 0.157 e. The van der Waals surface area contributed by atoms with Gasteiger partial charge in [0.15, 0.2) is 5.82 Å². The Bertz CT molecular complexity index is 783. The van der Waals surface area contributed by atoms with Crippen LogP contribution in [0.4, 0.5) is 10.2 Å². The summed E-state index contributed by atoms with van der Waals surface area (Å²) < 4.78 is 19.7. The lowest BCUT2D eigenvalue weighted by atomic mass is 10.2. The van der Waals surface area contributed by atoms with Crippen LogP contribution in [-0.4, -0.2) is 21.5 Å². The van der Waals surface area contributed by atoms with Crippen molar-refractivity contribution in [3.05, 3.63) is 41.5 Å². The molecule has 6 nitrogen and oxygen atoms in total. The van der Waals surface area contributed by atoms with E-state index in [4.69, 9.17) is 10.2 Å². The number of furan rings is 1. The zero-order chi connectivity index (χ0) is 24.2. The first-order valence-corrected chi connectivity index (χ1v) is 11.5. The molecule has 178 valence electrons. The van der Waals surface area contributed by atoms with Crippen LogP contribution in [0.5, 0.6) is 0 Å². The molecule has 31 heavy (non-hydrogen) atoms. The van der Waals surface area contributed by atoms with E-state index < -0.39 is 0 Å². The summed E-state index contributed by atoms with van der Waals surface area (Å²) in [7, 11) is 0. The number of nitrogens with two attached hydrogens (primary N) is 1. The summed E-state index contributed by atoms with van der Waals surface area (Å²) in [5.74, 6) is 1.41. The molecule has 0 saturated carbocycles. The summed E-state index contributed by atoms with van der Waals surface area (Å²) in [5, 5.41) is 3.45. The SMILES string of the molecule is CC.CC.CCC.CCC.Cc1nc(NCc2ccco2)c2c(F)c(CCN)[nH]c2n1. The third kappa shape index (κ3) is 11.0. The largest absolute Gasteiger partial charge is 0.467 e. The number of anilines is 1. The number of aromatic amines is 1. The maximum absolute atomic E-state index is 14.4. The molecule has 0 saturated heterocycles. The van der Waals surface area contributed by atoms with Gasteiger partial charge in [-0.05, 0) is 25.6 Å². The predicted molar refractivity (Wildman–Crippen MR) is 132 cm³/mol. The van der Waals surface area contributed by atoms with Crippen LogP contribution in [0, 0.1) is 12.7 Å². The van der Waals surface area contributed by atoms with E-state index in [2.05, 4.69) is 48.0 Å². The number of halogens is 1. The fraction of sp³-hybridized carbons (Fsp3) is 0.583. The van der Waals surface area contributed by atoms with Gasteiger partial charge < -0.3 is 20.5 Å². The standard InChI is InChI=1S/C14H16FN5O.2C3H8.2C2H6/c1-8-18-13(17-7-9-3-2-6-21-9)11-12(15)10(4-5-16)20-14(11)19-8;2*1-3-2;2*1-2/h2-3,6H,4-5,7,16H2,1H3,(H2,17,18,19,20);2*3H2,1-2H3;2*1-2H3. The van der Waals surface area contributed by atoms with E-state index in [1.165, 1.54) is 12.8 Å². The molecule has 0 unspecified atom stereocenters. The normalized spacial score (nSPS) is 9.13. The molecule has 0 aromatic carbocycles. The van der Waals surface area contributed by atoms with Gasteiger partial charge in [-0.1, -0.05) is 68.2 Å². The molecular weight excluding hydrogens is 393 g/mol. The first-order chi connectivity index (χ1) is 15.0. The Labute approximate surface area is 188 Å². The average molecular weight is 438 g/mol. The molecule has 0 bridgehead atoms. The van der Waals surface area contributed by atoms with Gasteiger partial charge in [0.2, 0.25) is 0 Å². The van der Waals surface area contributed by atoms with Gasteiger partial charge in [-0.2, -0.15) is 0 Å². The highest BCUT2D eigenvalue weighted by Gasteiger charge is 2.17. The summed E-state index contributed by atoms with van der Waals surface area (Å²) in [6.07, 6.45) is 4.52. The molecule has 4 N–H and O–H groups in total. The van der Waals surface area contributed by atoms with Crippen molar-refractivity contribution in [1.82, 2.24) is 15.0 Å². The molecule has 0 radical (unpaired) electrons. The van der Waals surface area contributed by atoms with Crippen molar-refractivity contribution >= 4 is 16.9 Å². The van der Waals surface area contributed by atoms with Crippen molar-refractivity contribution in [2.24, 2.45) is 5.73 Å². The molecular formula is C24H44FN5O. The van der Waals surface area contributed by atoms with Gasteiger partial charge in [0.25, 0.3) is 0 Å². The Morgan fingerprint density at radius 3 is 2.13 bits per heavy atom. The first kappa shape index (κ1) is 30.8. The van der Waals surface area contributed by atoms with Gasteiger partial charge in [0, 0.05) is 6.42 Å². The molecule has 0 spiro atoms. The first-order valence-electron chi connectivity index (χ1n) is 11.5.